The number of rotatable bonds is 5. The summed E-state index contributed by atoms with van der Waals surface area (Å²) in [5.74, 6) is -0.276. The summed E-state index contributed by atoms with van der Waals surface area (Å²) in [7, 11) is 0. The molecule has 25 heavy (non-hydrogen) atoms. The molecule has 0 fully saturated rings. The van der Waals surface area contributed by atoms with E-state index in [9.17, 15) is 9.90 Å². The summed E-state index contributed by atoms with van der Waals surface area (Å²) < 4.78 is 1.85. The van der Waals surface area contributed by atoms with E-state index in [2.05, 4.69) is 34.2 Å². The van der Waals surface area contributed by atoms with E-state index < -0.39 is 0 Å². The third-order valence-electron chi connectivity index (χ3n) is 4.28. The number of pyridine rings is 2. The molecule has 1 amide bonds. The molecule has 0 aromatic carbocycles. The lowest BCUT2D eigenvalue weighted by molar-refractivity contribution is 0.102. The molecular formula is C18H21N5O2. The van der Waals surface area contributed by atoms with Crippen LogP contribution in [0.3, 0.4) is 0 Å². The smallest absolute Gasteiger partial charge is 0.256 e. The standard InChI is InChI=1S/C18H21N5O2/c1-4-12(3)23-17-15(8-20-23)14(7-11(2)21-17)18(25)22-16-9-19-6-5-13(16)10-24/h5-9,12,24H,4,10H2,1-3H3,(H,22,25). The van der Waals surface area contributed by atoms with Gasteiger partial charge in [-0.05, 0) is 32.4 Å². The van der Waals surface area contributed by atoms with Crippen molar-refractivity contribution in [2.24, 2.45) is 0 Å². The quantitative estimate of drug-likeness (QED) is 0.745. The zero-order valence-electron chi connectivity index (χ0n) is 14.5. The minimum absolute atomic E-state index is 0.172. The van der Waals surface area contributed by atoms with Gasteiger partial charge in [0.2, 0.25) is 0 Å². The first kappa shape index (κ1) is 17.0. The number of fused-ring (bicyclic) bond motifs is 1. The number of aliphatic hydroxyl groups excluding tert-OH is 1. The number of anilines is 1. The van der Waals surface area contributed by atoms with Crippen LogP contribution in [-0.4, -0.2) is 30.8 Å². The van der Waals surface area contributed by atoms with Crippen LogP contribution in [-0.2, 0) is 6.61 Å². The Morgan fingerprint density at radius 3 is 2.92 bits per heavy atom. The highest BCUT2D eigenvalue weighted by molar-refractivity contribution is 6.12. The maximum absolute atomic E-state index is 12.8. The van der Waals surface area contributed by atoms with E-state index in [1.807, 2.05) is 11.6 Å². The van der Waals surface area contributed by atoms with Crippen molar-refractivity contribution in [2.45, 2.75) is 39.8 Å². The molecule has 0 aliphatic heterocycles. The predicted molar refractivity (Wildman–Crippen MR) is 95.4 cm³/mol. The highest BCUT2D eigenvalue weighted by atomic mass is 16.3. The number of amides is 1. The van der Waals surface area contributed by atoms with Gasteiger partial charge in [-0.15, -0.1) is 0 Å². The molecule has 0 spiro atoms. The molecule has 130 valence electrons. The Morgan fingerprint density at radius 2 is 2.20 bits per heavy atom. The molecule has 0 saturated heterocycles. The predicted octanol–water partition coefficient (Wildman–Crippen LogP) is 2.85. The zero-order chi connectivity index (χ0) is 18.0. The number of nitrogens with zero attached hydrogens (tertiary/aromatic N) is 4. The van der Waals surface area contributed by atoms with Crippen molar-refractivity contribution in [2.75, 3.05) is 5.32 Å². The van der Waals surface area contributed by atoms with E-state index in [1.54, 1.807) is 24.5 Å². The molecule has 3 heterocycles. The fourth-order valence-electron chi connectivity index (χ4n) is 2.69. The van der Waals surface area contributed by atoms with Crippen LogP contribution in [0.15, 0.2) is 30.7 Å². The first-order valence-corrected chi connectivity index (χ1v) is 8.25. The van der Waals surface area contributed by atoms with Crippen molar-refractivity contribution in [3.8, 4) is 0 Å². The summed E-state index contributed by atoms with van der Waals surface area (Å²) in [5, 5.41) is 17.3. The van der Waals surface area contributed by atoms with Gasteiger partial charge in [0, 0.05) is 17.5 Å². The van der Waals surface area contributed by atoms with Crippen LogP contribution in [0.4, 0.5) is 5.69 Å². The Kier molecular flexibility index (Phi) is 4.76. The summed E-state index contributed by atoms with van der Waals surface area (Å²) in [5.41, 5.74) is 3.06. The summed E-state index contributed by atoms with van der Waals surface area (Å²) in [6, 6.07) is 3.61. The minimum atomic E-state index is -0.276. The molecule has 2 N–H and O–H groups in total. The summed E-state index contributed by atoms with van der Waals surface area (Å²) >= 11 is 0. The second-order valence-electron chi connectivity index (χ2n) is 6.04. The molecule has 7 heteroatoms. The summed E-state index contributed by atoms with van der Waals surface area (Å²) in [4.78, 5) is 21.4. The van der Waals surface area contributed by atoms with Crippen LogP contribution in [0.5, 0.6) is 0 Å². The van der Waals surface area contributed by atoms with Gasteiger partial charge in [-0.2, -0.15) is 5.10 Å². The first-order valence-electron chi connectivity index (χ1n) is 8.25. The molecule has 3 aromatic heterocycles. The molecule has 1 atom stereocenters. The zero-order valence-corrected chi connectivity index (χ0v) is 14.5. The number of aryl methyl sites for hydroxylation is 1. The summed E-state index contributed by atoms with van der Waals surface area (Å²) in [6.07, 6.45) is 5.70. The van der Waals surface area contributed by atoms with Gasteiger partial charge in [0.25, 0.3) is 5.91 Å². The molecule has 0 aliphatic carbocycles. The lowest BCUT2D eigenvalue weighted by Crippen LogP contribution is -2.15. The Bertz CT molecular complexity index is 919. The van der Waals surface area contributed by atoms with Crippen molar-refractivity contribution >= 4 is 22.6 Å². The molecule has 3 rings (SSSR count). The van der Waals surface area contributed by atoms with Crippen LogP contribution in [0.25, 0.3) is 11.0 Å². The SMILES string of the molecule is CCC(C)n1ncc2c(C(=O)Nc3cnccc3CO)cc(C)nc21. The molecule has 1 unspecified atom stereocenters. The molecule has 0 bridgehead atoms. The number of carbonyl (C=O) groups excluding carboxylic acids is 1. The van der Waals surface area contributed by atoms with Crippen LogP contribution in [0.2, 0.25) is 0 Å². The first-order chi connectivity index (χ1) is 12.0. The van der Waals surface area contributed by atoms with Gasteiger partial charge in [-0.3, -0.25) is 9.78 Å². The van der Waals surface area contributed by atoms with Gasteiger partial charge in [0.15, 0.2) is 5.65 Å². The molecule has 7 nitrogen and oxygen atoms in total. The summed E-state index contributed by atoms with van der Waals surface area (Å²) in [6.45, 7) is 5.84. The van der Waals surface area contributed by atoms with Gasteiger partial charge in [-0.25, -0.2) is 9.67 Å². The van der Waals surface area contributed by atoms with Gasteiger partial charge in [0.05, 0.1) is 41.7 Å². The lowest BCUT2D eigenvalue weighted by Gasteiger charge is -2.12. The molecule has 0 aliphatic rings. The third kappa shape index (κ3) is 3.23. The average Bonchev–Trinajstić information content (AvgIpc) is 3.04. The second-order valence-corrected chi connectivity index (χ2v) is 6.04. The number of aliphatic hydroxyl groups is 1. The van der Waals surface area contributed by atoms with Crippen molar-refractivity contribution in [1.82, 2.24) is 19.7 Å². The number of aromatic nitrogens is 4. The Hall–Kier alpha value is -2.80. The minimum Gasteiger partial charge on any atom is -0.392 e. The normalized spacial score (nSPS) is 12.3. The maximum Gasteiger partial charge on any atom is 0.256 e. The lowest BCUT2D eigenvalue weighted by atomic mass is 10.1. The van der Waals surface area contributed by atoms with E-state index in [1.165, 1.54) is 6.20 Å². The molecule has 3 aromatic rings. The third-order valence-corrected chi connectivity index (χ3v) is 4.28. The van der Waals surface area contributed by atoms with Crippen LogP contribution in [0.1, 0.15) is 47.9 Å². The van der Waals surface area contributed by atoms with Crippen LogP contribution >= 0.6 is 0 Å². The van der Waals surface area contributed by atoms with E-state index in [-0.39, 0.29) is 18.6 Å². The Morgan fingerprint density at radius 1 is 1.40 bits per heavy atom. The van der Waals surface area contributed by atoms with Crippen LogP contribution in [0, 0.1) is 6.92 Å². The number of nitrogens with one attached hydrogen (secondary N) is 1. The fraction of sp³-hybridized carbons (Fsp3) is 0.333. The Balaban J connectivity index is 2.03. The van der Waals surface area contributed by atoms with Gasteiger partial charge >= 0.3 is 0 Å². The average molecular weight is 339 g/mol. The van der Waals surface area contributed by atoms with Crippen molar-refractivity contribution in [1.29, 1.82) is 0 Å². The molecule has 0 radical (unpaired) electrons. The van der Waals surface area contributed by atoms with Gasteiger partial charge in [0.1, 0.15) is 0 Å². The van der Waals surface area contributed by atoms with Crippen LogP contribution < -0.4 is 5.32 Å². The Labute approximate surface area is 145 Å². The van der Waals surface area contributed by atoms with Crippen molar-refractivity contribution < 1.29 is 9.90 Å². The number of hydrogen-bond acceptors (Lipinski definition) is 5. The second kappa shape index (κ2) is 6.98. The number of hydrogen-bond donors (Lipinski definition) is 2. The maximum atomic E-state index is 12.8. The topological polar surface area (TPSA) is 92.9 Å². The molecular weight excluding hydrogens is 318 g/mol. The van der Waals surface area contributed by atoms with Crippen molar-refractivity contribution in [3.05, 3.63) is 47.5 Å². The van der Waals surface area contributed by atoms with E-state index in [0.29, 0.717) is 27.8 Å². The monoisotopic (exact) mass is 339 g/mol. The van der Waals surface area contributed by atoms with E-state index in [0.717, 1.165) is 12.1 Å². The highest BCUT2D eigenvalue weighted by Gasteiger charge is 2.18. The van der Waals surface area contributed by atoms with Gasteiger partial charge in [-0.1, -0.05) is 6.92 Å². The van der Waals surface area contributed by atoms with E-state index >= 15 is 0 Å². The molecule has 0 saturated carbocycles. The number of carbonyl (C=O) groups is 1. The highest BCUT2D eigenvalue weighted by Crippen LogP contribution is 2.23. The fourth-order valence-corrected chi connectivity index (χ4v) is 2.69. The largest absolute Gasteiger partial charge is 0.392 e. The van der Waals surface area contributed by atoms with Crippen molar-refractivity contribution in [3.63, 3.8) is 0 Å². The van der Waals surface area contributed by atoms with Gasteiger partial charge < -0.3 is 10.4 Å². The van der Waals surface area contributed by atoms with E-state index in [4.69, 9.17) is 0 Å².